The number of carbonyl (C=O) groups is 1. The van der Waals surface area contributed by atoms with E-state index in [1.54, 1.807) is 35.6 Å². The molecule has 6 nitrogen and oxygen atoms in total. The van der Waals surface area contributed by atoms with E-state index in [-0.39, 0.29) is 10.8 Å². The summed E-state index contributed by atoms with van der Waals surface area (Å²) < 4.78 is 26.7. The van der Waals surface area contributed by atoms with Crippen molar-refractivity contribution in [2.45, 2.75) is 24.3 Å². The van der Waals surface area contributed by atoms with Crippen molar-refractivity contribution in [3.8, 4) is 0 Å². The van der Waals surface area contributed by atoms with Gasteiger partial charge < -0.3 is 4.90 Å². The average molecular weight is 420 g/mol. The van der Waals surface area contributed by atoms with Gasteiger partial charge in [0.15, 0.2) is 0 Å². The SMILES string of the molecule is O=C(c1ccc(S(=O)(=O)N2CCCC2)cc1)N1CCN(Cc2ccsc2)CC1. The molecule has 0 spiro atoms. The number of hydrogen-bond donors (Lipinski definition) is 0. The van der Waals surface area contributed by atoms with Gasteiger partial charge >= 0.3 is 0 Å². The van der Waals surface area contributed by atoms with E-state index >= 15 is 0 Å². The van der Waals surface area contributed by atoms with Gasteiger partial charge in [0.1, 0.15) is 0 Å². The van der Waals surface area contributed by atoms with E-state index in [0.717, 1.165) is 32.5 Å². The van der Waals surface area contributed by atoms with Crippen molar-refractivity contribution in [3.63, 3.8) is 0 Å². The van der Waals surface area contributed by atoms with Crippen LogP contribution in [0.25, 0.3) is 0 Å². The van der Waals surface area contributed by atoms with Gasteiger partial charge in [0.2, 0.25) is 10.0 Å². The van der Waals surface area contributed by atoms with Gasteiger partial charge in [0.25, 0.3) is 5.91 Å². The fraction of sp³-hybridized carbons (Fsp3) is 0.450. The van der Waals surface area contributed by atoms with Crippen LogP contribution in [0.1, 0.15) is 28.8 Å². The number of benzene rings is 1. The fourth-order valence-electron chi connectivity index (χ4n) is 3.78. The normalized spacial score (nSPS) is 19.2. The van der Waals surface area contributed by atoms with Crippen LogP contribution in [0.4, 0.5) is 0 Å². The number of sulfonamides is 1. The van der Waals surface area contributed by atoms with Gasteiger partial charge in [-0.1, -0.05) is 0 Å². The average Bonchev–Trinajstić information content (AvgIpc) is 3.43. The molecule has 0 unspecified atom stereocenters. The lowest BCUT2D eigenvalue weighted by Crippen LogP contribution is -2.48. The lowest BCUT2D eigenvalue weighted by atomic mass is 10.2. The number of carbonyl (C=O) groups excluding carboxylic acids is 1. The second-order valence-electron chi connectivity index (χ2n) is 7.34. The molecule has 1 aromatic carbocycles. The summed E-state index contributed by atoms with van der Waals surface area (Å²) >= 11 is 1.70. The van der Waals surface area contributed by atoms with E-state index in [9.17, 15) is 13.2 Å². The maximum atomic E-state index is 12.8. The Morgan fingerprint density at radius 2 is 1.61 bits per heavy atom. The Kier molecular flexibility index (Phi) is 5.82. The lowest BCUT2D eigenvalue weighted by molar-refractivity contribution is 0.0628. The van der Waals surface area contributed by atoms with Crippen molar-refractivity contribution >= 4 is 27.3 Å². The molecule has 0 bridgehead atoms. The van der Waals surface area contributed by atoms with Crippen LogP contribution in [0.3, 0.4) is 0 Å². The first-order valence-corrected chi connectivity index (χ1v) is 12.1. The van der Waals surface area contributed by atoms with E-state index in [4.69, 9.17) is 0 Å². The molecule has 0 aliphatic carbocycles. The number of thiophene rings is 1. The predicted octanol–water partition coefficient (Wildman–Crippen LogP) is 2.49. The molecule has 150 valence electrons. The van der Waals surface area contributed by atoms with Crippen molar-refractivity contribution in [3.05, 3.63) is 52.2 Å². The monoisotopic (exact) mass is 419 g/mol. The standard InChI is InChI=1S/C20H25N3O3S2/c24-20(22-12-10-21(11-13-22)15-17-7-14-27-16-17)18-3-5-19(6-4-18)28(25,26)23-8-1-2-9-23/h3-7,14,16H,1-2,8-13,15H2. The minimum absolute atomic E-state index is 0.0275. The molecule has 8 heteroatoms. The summed E-state index contributed by atoms with van der Waals surface area (Å²) in [6, 6.07) is 8.55. The van der Waals surface area contributed by atoms with Crippen molar-refractivity contribution in [1.82, 2.24) is 14.1 Å². The maximum absolute atomic E-state index is 12.8. The largest absolute Gasteiger partial charge is 0.336 e. The maximum Gasteiger partial charge on any atom is 0.253 e. The van der Waals surface area contributed by atoms with Gasteiger partial charge in [0.05, 0.1) is 4.90 Å². The molecule has 1 amide bonds. The summed E-state index contributed by atoms with van der Waals surface area (Å²) in [6.07, 6.45) is 1.82. The lowest BCUT2D eigenvalue weighted by Gasteiger charge is -2.34. The molecule has 2 aromatic rings. The highest BCUT2D eigenvalue weighted by Gasteiger charge is 2.28. The molecule has 2 fully saturated rings. The van der Waals surface area contributed by atoms with Gasteiger partial charge in [-0.2, -0.15) is 15.6 Å². The number of hydrogen-bond acceptors (Lipinski definition) is 5. The first kappa shape index (κ1) is 19.6. The van der Waals surface area contributed by atoms with Crippen LogP contribution in [0.2, 0.25) is 0 Å². The topological polar surface area (TPSA) is 60.9 Å². The second kappa shape index (κ2) is 8.32. The van der Waals surface area contributed by atoms with Gasteiger partial charge in [0, 0.05) is 51.4 Å². The summed E-state index contributed by atoms with van der Waals surface area (Å²) in [5.74, 6) is -0.0275. The van der Waals surface area contributed by atoms with E-state index in [0.29, 0.717) is 31.7 Å². The van der Waals surface area contributed by atoms with Crippen LogP contribution in [0, 0.1) is 0 Å². The zero-order valence-corrected chi connectivity index (χ0v) is 17.4. The molecule has 4 rings (SSSR count). The third kappa shape index (κ3) is 4.15. The zero-order valence-electron chi connectivity index (χ0n) is 15.8. The van der Waals surface area contributed by atoms with Crippen LogP contribution in [0.5, 0.6) is 0 Å². The summed E-state index contributed by atoms with van der Waals surface area (Å²) in [5, 5.41) is 4.25. The highest BCUT2D eigenvalue weighted by Crippen LogP contribution is 2.22. The Morgan fingerprint density at radius 3 is 2.21 bits per heavy atom. The first-order chi connectivity index (χ1) is 13.5. The minimum atomic E-state index is -3.44. The molecule has 2 aliphatic rings. The molecule has 0 saturated carbocycles. The Labute approximate surface area is 170 Å². The molecular weight excluding hydrogens is 394 g/mol. The molecule has 28 heavy (non-hydrogen) atoms. The van der Waals surface area contributed by atoms with Gasteiger partial charge in [-0.3, -0.25) is 9.69 Å². The van der Waals surface area contributed by atoms with E-state index in [1.165, 1.54) is 9.87 Å². The summed E-state index contributed by atoms with van der Waals surface area (Å²) in [4.78, 5) is 17.3. The fourth-order valence-corrected chi connectivity index (χ4v) is 5.96. The van der Waals surface area contributed by atoms with Crippen molar-refractivity contribution in [2.24, 2.45) is 0 Å². The minimum Gasteiger partial charge on any atom is -0.336 e. The predicted molar refractivity (Wildman–Crippen MR) is 110 cm³/mol. The zero-order chi connectivity index (χ0) is 19.6. The highest BCUT2D eigenvalue weighted by molar-refractivity contribution is 7.89. The van der Waals surface area contributed by atoms with E-state index in [2.05, 4.69) is 21.7 Å². The van der Waals surface area contributed by atoms with Crippen LogP contribution in [-0.4, -0.2) is 67.7 Å². The van der Waals surface area contributed by atoms with E-state index < -0.39 is 10.0 Å². The van der Waals surface area contributed by atoms with Crippen molar-refractivity contribution in [2.75, 3.05) is 39.3 Å². The molecular formula is C20H25N3O3S2. The quantitative estimate of drug-likeness (QED) is 0.747. The molecule has 0 N–H and O–H groups in total. The Morgan fingerprint density at radius 1 is 0.929 bits per heavy atom. The van der Waals surface area contributed by atoms with Crippen LogP contribution < -0.4 is 0 Å². The van der Waals surface area contributed by atoms with E-state index in [1.807, 2.05) is 4.90 Å². The Bertz CT molecular complexity index is 897. The number of rotatable bonds is 5. The van der Waals surface area contributed by atoms with Crippen LogP contribution in [0.15, 0.2) is 46.0 Å². The second-order valence-corrected chi connectivity index (χ2v) is 10.1. The third-order valence-electron chi connectivity index (χ3n) is 5.45. The summed E-state index contributed by atoms with van der Waals surface area (Å²) in [5.41, 5.74) is 1.87. The third-order valence-corrected chi connectivity index (χ3v) is 8.09. The van der Waals surface area contributed by atoms with Crippen molar-refractivity contribution in [1.29, 1.82) is 0 Å². The number of piperazine rings is 1. The van der Waals surface area contributed by atoms with Gasteiger partial charge in [-0.05, 0) is 59.5 Å². The smallest absolute Gasteiger partial charge is 0.253 e. The Hall–Kier alpha value is -1.74. The van der Waals surface area contributed by atoms with Crippen LogP contribution in [-0.2, 0) is 16.6 Å². The number of amides is 1. The molecule has 0 atom stereocenters. The molecule has 3 heterocycles. The molecule has 0 radical (unpaired) electrons. The molecule has 2 aliphatic heterocycles. The highest BCUT2D eigenvalue weighted by atomic mass is 32.2. The molecule has 1 aromatic heterocycles. The van der Waals surface area contributed by atoms with Crippen molar-refractivity contribution < 1.29 is 13.2 Å². The van der Waals surface area contributed by atoms with Crippen LogP contribution >= 0.6 is 11.3 Å². The molecule has 2 saturated heterocycles. The first-order valence-electron chi connectivity index (χ1n) is 9.67. The van der Waals surface area contributed by atoms with Gasteiger partial charge in [-0.15, -0.1) is 0 Å². The summed E-state index contributed by atoms with van der Waals surface area (Å²) in [6.45, 7) is 5.17. The summed E-state index contributed by atoms with van der Waals surface area (Å²) in [7, 11) is -3.44. The van der Waals surface area contributed by atoms with Gasteiger partial charge in [-0.25, -0.2) is 8.42 Å². The number of nitrogens with zero attached hydrogens (tertiary/aromatic N) is 3. The Balaban J connectivity index is 1.36.